The maximum Gasteiger partial charge on any atom is 0.173 e. The van der Waals surface area contributed by atoms with Crippen LogP contribution in [0.3, 0.4) is 0 Å². The number of fused-ring (bicyclic) bond motifs is 1. The Balaban J connectivity index is 2.09. The van der Waals surface area contributed by atoms with Gasteiger partial charge in [-0.2, -0.15) is 0 Å². The fourth-order valence-electron chi connectivity index (χ4n) is 4.76. The molecule has 0 aromatic rings. The largest absolute Gasteiger partial charge is 0.293 e. The van der Waals surface area contributed by atoms with Gasteiger partial charge in [0.25, 0.3) is 0 Å². The van der Waals surface area contributed by atoms with Gasteiger partial charge in [0.15, 0.2) is 5.78 Å². The third-order valence-electron chi connectivity index (χ3n) is 6.20. The third-order valence-corrected chi connectivity index (χ3v) is 6.20. The number of ketones is 1. The Morgan fingerprint density at radius 1 is 0.880 bits per heavy atom. The standard InChI is InChI=1S/C24H34O/c1-15(2)7-9-24(10-8-16(3)4)22-14-18(6)12-20(22)19-11-17(5)13-21(19)23(24)25/h13-16H,7-12H2,1-6H3. The Labute approximate surface area is 154 Å². The van der Waals surface area contributed by atoms with Gasteiger partial charge >= 0.3 is 0 Å². The van der Waals surface area contributed by atoms with E-state index in [2.05, 4.69) is 53.7 Å². The molecular weight excluding hydrogens is 304 g/mol. The van der Waals surface area contributed by atoms with Gasteiger partial charge in [-0.25, -0.2) is 0 Å². The van der Waals surface area contributed by atoms with Gasteiger partial charge in [0.05, 0.1) is 5.41 Å². The quantitative estimate of drug-likeness (QED) is 0.525. The SMILES string of the molecule is CC1=CC2=C(C1)C1=C(C=C(C)C1)C(CCC(C)C)(CCC(C)C)C2=O. The summed E-state index contributed by atoms with van der Waals surface area (Å²) in [5.41, 5.74) is 7.77. The Kier molecular flexibility index (Phi) is 4.97. The fourth-order valence-corrected chi connectivity index (χ4v) is 4.76. The summed E-state index contributed by atoms with van der Waals surface area (Å²) in [5.74, 6) is 1.69. The summed E-state index contributed by atoms with van der Waals surface area (Å²) in [6.07, 6.45) is 10.8. The third kappa shape index (κ3) is 3.23. The second-order valence-corrected chi connectivity index (χ2v) is 9.40. The monoisotopic (exact) mass is 338 g/mol. The van der Waals surface area contributed by atoms with E-state index in [9.17, 15) is 4.79 Å². The molecule has 0 heterocycles. The molecule has 0 bridgehead atoms. The zero-order chi connectivity index (χ0) is 18.4. The minimum Gasteiger partial charge on any atom is -0.293 e. The molecule has 0 N–H and O–H groups in total. The predicted octanol–water partition coefficient (Wildman–Crippen LogP) is 6.72. The molecule has 1 nitrogen and oxygen atoms in total. The van der Waals surface area contributed by atoms with Gasteiger partial charge in [0.2, 0.25) is 0 Å². The van der Waals surface area contributed by atoms with E-state index in [1.165, 1.54) is 27.9 Å². The highest BCUT2D eigenvalue weighted by Crippen LogP contribution is 2.55. The molecular formula is C24H34O. The Morgan fingerprint density at radius 2 is 1.40 bits per heavy atom. The summed E-state index contributed by atoms with van der Waals surface area (Å²) in [6.45, 7) is 13.5. The van der Waals surface area contributed by atoms with Crippen LogP contribution in [0, 0.1) is 17.3 Å². The Bertz CT molecular complexity index is 694. The molecule has 25 heavy (non-hydrogen) atoms. The first-order chi connectivity index (χ1) is 11.7. The van der Waals surface area contributed by atoms with E-state index in [-0.39, 0.29) is 5.41 Å². The number of carbonyl (C=O) groups is 1. The van der Waals surface area contributed by atoms with Crippen molar-refractivity contribution >= 4 is 5.78 Å². The molecule has 3 aliphatic carbocycles. The lowest BCUT2D eigenvalue weighted by atomic mass is 9.62. The van der Waals surface area contributed by atoms with Crippen molar-refractivity contribution in [3.8, 4) is 0 Å². The van der Waals surface area contributed by atoms with E-state index < -0.39 is 0 Å². The van der Waals surface area contributed by atoms with Crippen molar-refractivity contribution in [3.05, 3.63) is 45.6 Å². The van der Waals surface area contributed by atoms with Crippen LogP contribution in [0.25, 0.3) is 0 Å². The van der Waals surface area contributed by atoms with Crippen molar-refractivity contribution in [1.29, 1.82) is 0 Å². The predicted molar refractivity (Wildman–Crippen MR) is 106 cm³/mol. The molecule has 0 saturated heterocycles. The average Bonchev–Trinajstić information content (AvgIpc) is 3.09. The normalized spacial score (nSPS) is 22.0. The van der Waals surface area contributed by atoms with Crippen molar-refractivity contribution < 1.29 is 4.79 Å². The van der Waals surface area contributed by atoms with Gasteiger partial charge in [-0.05, 0) is 80.9 Å². The van der Waals surface area contributed by atoms with Crippen LogP contribution in [0.4, 0.5) is 0 Å². The van der Waals surface area contributed by atoms with Crippen LogP contribution in [0.15, 0.2) is 45.6 Å². The van der Waals surface area contributed by atoms with E-state index in [1.807, 2.05) is 0 Å². The summed E-state index contributed by atoms with van der Waals surface area (Å²) >= 11 is 0. The van der Waals surface area contributed by atoms with Crippen molar-refractivity contribution in [2.24, 2.45) is 17.3 Å². The van der Waals surface area contributed by atoms with Crippen molar-refractivity contribution in [3.63, 3.8) is 0 Å². The molecule has 0 aromatic carbocycles. The van der Waals surface area contributed by atoms with Crippen molar-refractivity contribution in [2.45, 2.75) is 80.1 Å². The lowest BCUT2D eigenvalue weighted by Crippen LogP contribution is -2.37. The zero-order valence-electron chi connectivity index (χ0n) is 17.0. The van der Waals surface area contributed by atoms with E-state index in [0.29, 0.717) is 17.6 Å². The van der Waals surface area contributed by atoms with Crippen LogP contribution in [0.2, 0.25) is 0 Å². The molecule has 3 aliphatic rings. The Morgan fingerprint density at radius 3 is 1.96 bits per heavy atom. The molecule has 136 valence electrons. The smallest absolute Gasteiger partial charge is 0.173 e. The van der Waals surface area contributed by atoms with E-state index in [0.717, 1.165) is 44.1 Å². The molecule has 0 amide bonds. The zero-order valence-corrected chi connectivity index (χ0v) is 17.0. The lowest BCUT2D eigenvalue weighted by molar-refractivity contribution is -0.123. The molecule has 0 atom stereocenters. The second-order valence-electron chi connectivity index (χ2n) is 9.40. The van der Waals surface area contributed by atoms with Crippen molar-refractivity contribution in [2.75, 3.05) is 0 Å². The number of carbonyl (C=O) groups excluding carboxylic acids is 1. The number of hydrogen-bond acceptors (Lipinski definition) is 1. The maximum absolute atomic E-state index is 13.8. The first-order valence-electron chi connectivity index (χ1n) is 10.1. The van der Waals surface area contributed by atoms with E-state index >= 15 is 0 Å². The highest BCUT2D eigenvalue weighted by atomic mass is 16.1. The minimum absolute atomic E-state index is 0.276. The summed E-state index contributed by atoms with van der Waals surface area (Å²) < 4.78 is 0. The average molecular weight is 339 g/mol. The Hall–Kier alpha value is -1.37. The van der Waals surface area contributed by atoms with Crippen LogP contribution >= 0.6 is 0 Å². The summed E-state index contributed by atoms with van der Waals surface area (Å²) in [7, 11) is 0. The molecule has 0 unspecified atom stereocenters. The number of rotatable bonds is 6. The van der Waals surface area contributed by atoms with Gasteiger partial charge in [-0.3, -0.25) is 4.79 Å². The van der Waals surface area contributed by atoms with Gasteiger partial charge < -0.3 is 0 Å². The molecule has 0 radical (unpaired) electrons. The van der Waals surface area contributed by atoms with Gasteiger partial charge in [-0.1, -0.05) is 51.0 Å². The second kappa shape index (κ2) is 6.74. The van der Waals surface area contributed by atoms with Crippen molar-refractivity contribution in [1.82, 2.24) is 0 Å². The molecule has 1 heteroatoms. The summed E-state index contributed by atoms with van der Waals surface area (Å²) in [6, 6.07) is 0. The molecule has 0 aromatic heterocycles. The number of Topliss-reactive ketones (excluding diaryl/α,β-unsaturated/α-hetero) is 1. The molecule has 3 rings (SSSR count). The molecule has 0 fully saturated rings. The highest BCUT2D eigenvalue weighted by Gasteiger charge is 2.48. The van der Waals surface area contributed by atoms with Gasteiger partial charge in [-0.15, -0.1) is 0 Å². The molecule has 0 spiro atoms. The first-order valence-corrected chi connectivity index (χ1v) is 10.1. The van der Waals surface area contributed by atoms with Crippen LogP contribution < -0.4 is 0 Å². The fraction of sp³-hybridized carbons (Fsp3) is 0.625. The van der Waals surface area contributed by atoms with Crippen LogP contribution in [-0.4, -0.2) is 5.78 Å². The topological polar surface area (TPSA) is 17.1 Å². The highest BCUT2D eigenvalue weighted by molar-refractivity contribution is 6.09. The summed E-state index contributed by atoms with van der Waals surface area (Å²) in [5, 5.41) is 0. The number of hydrogen-bond donors (Lipinski definition) is 0. The van der Waals surface area contributed by atoms with Gasteiger partial charge in [0.1, 0.15) is 0 Å². The van der Waals surface area contributed by atoms with E-state index in [1.54, 1.807) is 0 Å². The van der Waals surface area contributed by atoms with Crippen LogP contribution in [-0.2, 0) is 4.79 Å². The van der Waals surface area contributed by atoms with Gasteiger partial charge in [0, 0.05) is 5.57 Å². The summed E-state index contributed by atoms with van der Waals surface area (Å²) in [4.78, 5) is 13.8. The first kappa shape index (κ1) is 18.4. The minimum atomic E-state index is -0.276. The number of allylic oxidation sites excluding steroid dienone is 8. The lowest BCUT2D eigenvalue weighted by Gasteiger charge is -2.39. The van der Waals surface area contributed by atoms with Crippen LogP contribution in [0.1, 0.15) is 80.1 Å². The molecule has 0 saturated carbocycles. The molecule has 0 aliphatic heterocycles. The van der Waals surface area contributed by atoms with E-state index in [4.69, 9.17) is 0 Å². The van der Waals surface area contributed by atoms with Crippen LogP contribution in [0.5, 0.6) is 0 Å². The maximum atomic E-state index is 13.8.